The van der Waals surface area contributed by atoms with Crippen LogP contribution in [0.5, 0.6) is 0 Å². The molecule has 0 saturated carbocycles. The molecule has 0 radical (unpaired) electrons. The van der Waals surface area contributed by atoms with Crippen LogP contribution >= 0.6 is 0 Å². The summed E-state index contributed by atoms with van der Waals surface area (Å²) in [6, 6.07) is 33.4. The van der Waals surface area contributed by atoms with E-state index in [4.69, 9.17) is 4.74 Å². The smallest absolute Gasteiger partial charge is 0.338 e. The van der Waals surface area contributed by atoms with Gasteiger partial charge in [-0.1, -0.05) is 66.7 Å². The largest absolute Gasteiger partial charge is 0.465 e. The number of nitrogens with zero attached hydrogens (tertiary/aromatic N) is 1. The molecule has 1 N–H and O–H groups in total. The number of carbonyl (C=O) groups excluding carboxylic acids is 2. The maximum atomic E-state index is 12.7. The lowest BCUT2D eigenvalue weighted by molar-refractivity contribution is 0.0599. The fraction of sp³-hybridized carbons (Fsp3) is 0.0968. The van der Waals surface area contributed by atoms with Crippen molar-refractivity contribution in [3.05, 3.63) is 132 Å². The molecule has 0 unspecified atom stereocenters. The van der Waals surface area contributed by atoms with E-state index in [0.717, 1.165) is 33.2 Å². The summed E-state index contributed by atoms with van der Waals surface area (Å²) in [6.07, 6.45) is 2.01. The van der Waals surface area contributed by atoms with Crippen molar-refractivity contribution in [3.8, 4) is 11.1 Å². The number of hydrogen-bond acceptors (Lipinski definition) is 3. The molecular formula is C31H26N2O3. The lowest BCUT2D eigenvalue weighted by Crippen LogP contribution is -2.22. The minimum atomic E-state index is -0.338. The topological polar surface area (TPSA) is 60.3 Å². The number of amides is 1. The maximum Gasteiger partial charge on any atom is 0.338 e. The second-order valence-electron chi connectivity index (χ2n) is 8.61. The first-order valence-electron chi connectivity index (χ1n) is 11.8. The molecule has 0 bridgehead atoms. The highest BCUT2D eigenvalue weighted by Gasteiger charge is 2.13. The van der Waals surface area contributed by atoms with Crippen molar-refractivity contribution >= 4 is 22.8 Å². The van der Waals surface area contributed by atoms with Gasteiger partial charge in [-0.2, -0.15) is 0 Å². The van der Waals surface area contributed by atoms with Gasteiger partial charge in [-0.05, 0) is 64.0 Å². The van der Waals surface area contributed by atoms with Crippen LogP contribution in [0, 0.1) is 0 Å². The summed E-state index contributed by atoms with van der Waals surface area (Å²) in [5.74, 6) is -0.443. The summed E-state index contributed by atoms with van der Waals surface area (Å²) in [5.41, 5.74) is 6.38. The highest BCUT2D eigenvalue weighted by atomic mass is 16.5. The molecule has 0 aliphatic rings. The van der Waals surface area contributed by atoms with E-state index in [1.807, 2.05) is 85.1 Å². The number of fused-ring (bicyclic) bond motifs is 1. The molecule has 5 heteroatoms. The number of carbonyl (C=O) groups is 2. The van der Waals surface area contributed by atoms with Crippen LogP contribution in [0.15, 0.2) is 109 Å². The molecule has 5 rings (SSSR count). The fourth-order valence-corrected chi connectivity index (χ4v) is 4.38. The number of ether oxygens (including phenoxy) is 1. The lowest BCUT2D eigenvalue weighted by Gasteiger charge is -2.11. The Balaban J connectivity index is 1.26. The SMILES string of the molecule is COC(=O)c1ccccc1Cn1ccc2cc(CNC(=O)c3ccc(-c4ccccc4)cc3)ccc21. The Labute approximate surface area is 210 Å². The fourth-order valence-electron chi connectivity index (χ4n) is 4.38. The van der Waals surface area contributed by atoms with E-state index in [0.29, 0.717) is 24.2 Å². The monoisotopic (exact) mass is 474 g/mol. The highest BCUT2D eigenvalue weighted by molar-refractivity contribution is 5.94. The molecule has 0 fully saturated rings. The number of nitrogens with one attached hydrogen (secondary N) is 1. The molecule has 178 valence electrons. The van der Waals surface area contributed by atoms with Gasteiger partial charge in [0.15, 0.2) is 0 Å². The minimum Gasteiger partial charge on any atom is -0.465 e. The van der Waals surface area contributed by atoms with E-state index in [9.17, 15) is 9.59 Å². The molecule has 1 aromatic heterocycles. The van der Waals surface area contributed by atoms with Crippen LogP contribution in [0.1, 0.15) is 31.8 Å². The standard InChI is InChI=1S/C31H26N2O3/c1-36-31(35)28-10-6-5-9-27(28)21-33-18-17-26-19-22(11-16-29(26)33)20-32-30(34)25-14-12-24(13-15-25)23-7-3-2-4-8-23/h2-19H,20-21H2,1H3,(H,32,34). The number of methoxy groups -OCH3 is 1. The van der Waals surface area contributed by atoms with E-state index in [2.05, 4.69) is 28.1 Å². The molecule has 4 aromatic carbocycles. The number of hydrogen-bond donors (Lipinski definition) is 1. The molecule has 0 aliphatic heterocycles. The van der Waals surface area contributed by atoms with Crippen LogP contribution in [0.3, 0.4) is 0 Å². The van der Waals surface area contributed by atoms with Gasteiger partial charge < -0.3 is 14.6 Å². The van der Waals surface area contributed by atoms with Gasteiger partial charge in [-0.25, -0.2) is 4.79 Å². The Morgan fingerprint density at radius 2 is 1.53 bits per heavy atom. The van der Waals surface area contributed by atoms with Crippen molar-refractivity contribution < 1.29 is 14.3 Å². The van der Waals surface area contributed by atoms with Crippen molar-refractivity contribution in [3.63, 3.8) is 0 Å². The van der Waals surface area contributed by atoms with Crippen molar-refractivity contribution in [1.29, 1.82) is 0 Å². The predicted molar refractivity (Wildman–Crippen MR) is 142 cm³/mol. The molecule has 1 heterocycles. The molecule has 1 amide bonds. The maximum absolute atomic E-state index is 12.7. The van der Waals surface area contributed by atoms with Crippen LogP contribution in [0.2, 0.25) is 0 Å². The Morgan fingerprint density at radius 3 is 2.31 bits per heavy atom. The summed E-state index contributed by atoms with van der Waals surface area (Å²) in [4.78, 5) is 24.8. The van der Waals surface area contributed by atoms with Crippen molar-refractivity contribution in [2.24, 2.45) is 0 Å². The van der Waals surface area contributed by atoms with Crippen LogP contribution in [0.4, 0.5) is 0 Å². The van der Waals surface area contributed by atoms with Crippen LogP contribution < -0.4 is 5.32 Å². The van der Waals surface area contributed by atoms with E-state index >= 15 is 0 Å². The second-order valence-corrected chi connectivity index (χ2v) is 8.61. The molecule has 0 spiro atoms. The summed E-state index contributed by atoms with van der Waals surface area (Å²) in [6.45, 7) is 0.995. The average molecular weight is 475 g/mol. The van der Waals surface area contributed by atoms with Gasteiger partial charge in [-0.15, -0.1) is 0 Å². The summed E-state index contributed by atoms with van der Waals surface area (Å²) in [7, 11) is 1.39. The minimum absolute atomic E-state index is 0.105. The number of benzene rings is 4. The van der Waals surface area contributed by atoms with Gasteiger partial charge >= 0.3 is 5.97 Å². The van der Waals surface area contributed by atoms with Gasteiger partial charge in [0.2, 0.25) is 0 Å². The van der Waals surface area contributed by atoms with Crippen LogP contribution in [0.25, 0.3) is 22.0 Å². The summed E-state index contributed by atoms with van der Waals surface area (Å²) >= 11 is 0. The number of esters is 1. The van der Waals surface area contributed by atoms with Gasteiger partial charge in [0.25, 0.3) is 5.91 Å². The Morgan fingerprint density at radius 1 is 0.806 bits per heavy atom. The lowest BCUT2D eigenvalue weighted by atomic mass is 10.0. The number of aromatic nitrogens is 1. The molecule has 0 saturated heterocycles. The molecule has 0 atom stereocenters. The average Bonchev–Trinajstić information content (AvgIpc) is 3.34. The number of rotatable bonds is 7. The third-order valence-corrected chi connectivity index (χ3v) is 6.31. The van der Waals surface area contributed by atoms with Gasteiger partial charge in [0.05, 0.1) is 12.7 Å². The molecule has 36 heavy (non-hydrogen) atoms. The van der Waals surface area contributed by atoms with Crippen molar-refractivity contribution in [2.75, 3.05) is 7.11 Å². The van der Waals surface area contributed by atoms with Crippen LogP contribution in [-0.2, 0) is 17.8 Å². The first kappa shape index (κ1) is 23.1. The Kier molecular flexibility index (Phi) is 6.63. The zero-order valence-corrected chi connectivity index (χ0v) is 20.0. The third-order valence-electron chi connectivity index (χ3n) is 6.31. The zero-order chi connectivity index (χ0) is 24.9. The van der Waals surface area contributed by atoms with E-state index in [-0.39, 0.29) is 11.9 Å². The van der Waals surface area contributed by atoms with Gasteiger partial charge in [0, 0.05) is 30.4 Å². The van der Waals surface area contributed by atoms with Crippen molar-refractivity contribution in [1.82, 2.24) is 9.88 Å². The Hall–Kier alpha value is -4.64. The van der Waals surface area contributed by atoms with E-state index in [1.165, 1.54) is 7.11 Å². The van der Waals surface area contributed by atoms with Gasteiger partial charge in [0.1, 0.15) is 0 Å². The van der Waals surface area contributed by atoms with Crippen molar-refractivity contribution in [2.45, 2.75) is 13.1 Å². The first-order chi connectivity index (χ1) is 17.6. The molecule has 0 aliphatic carbocycles. The zero-order valence-electron chi connectivity index (χ0n) is 20.0. The first-order valence-corrected chi connectivity index (χ1v) is 11.8. The highest BCUT2D eigenvalue weighted by Crippen LogP contribution is 2.22. The summed E-state index contributed by atoms with van der Waals surface area (Å²) in [5, 5.41) is 4.09. The van der Waals surface area contributed by atoms with Gasteiger partial charge in [-0.3, -0.25) is 4.79 Å². The predicted octanol–water partition coefficient (Wildman–Crippen LogP) is 6.07. The molecular weight excluding hydrogens is 448 g/mol. The van der Waals surface area contributed by atoms with E-state index in [1.54, 1.807) is 6.07 Å². The Bertz CT molecular complexity index is 1520. The normalized spacial score (nSPS) is 10.8. The molecule has 5 aromatic rings. The third kappa shape index (κ3) is 4.91. The van der Waals surface area contributed by atoms with Crippen LogP contribution in [-0.4, -0.2) is 23.6 Å². The quantitative estimate of drug-likeness (QED) is 0.291. The summed E-state index contributed by atoms with van der Waals surface area (Å²) < 4.78 is 7.03. The molecule has 5 nitrogen and oxygen atoms in total. The van der Waals surface area contributed by atoms with E-state index < -0.39 is 0 Å². The second kappa shape index (κ2) is 10.3.